The highest BCUT2D eigenvalue weighted by Gasteiger charge is 2.20. The van der Waals surface area contributed by atoms with E-state index in [1.807, 2.05) is 25.1 Å². The number of ether oxygens (including phenoxy) is 1. The number of aromatic nitrogens is 1. The molecule has 0 aliphatic carbocycles. The Hall–Kier alpha value is -1.91. The highest BCUT2D eigenvalue weighted by Crippen LogP contribution is 2.36. The Morgan fingerprint density at radius 3 is 2.57 bits per heavy atom. The minimum atomic E-state index is -0.275. The normalized spacial score (nSPS) is 12.6. The smallest absolute Gasteiger partial charge is 0.124 e. The fourth-order valence-electron chi connectivity index (χ4n) is 2.53. The first-order valence-electron chi connectivity index (χ1n) is 6.87. The molecular weight excluding hydrogens is 280 g/mol. The van der Waals surface area contributed by atoms with Gasteiger partial charge < -0.3 is 10.5 Å². The summed E-state index contributed by atoms with van der Waals surface area (Å²) in [4.78, 5) is 5.81. The number of aryl methyl sites for hydroxylation is 2. The van der Waals surface area contributed by atoms with E-state index in [1.54, 1.807) is 18.4 Å². The van der Waals surface area contributed by atoms with Crippen molar-refractivity contribution in [2.45, 2.75) is 19.9 Å². The second kappa shape index (κ2) is 5.47. The van der Waals surface area contributed by atoms with Gasteiger partial charge in [-0.3, -0.25) is 0 Å². The molecule has 0 aliphatic heterocycles. The fraction of sp³-hybridized carbons (Fsp3) is 0.235. The van der Waals surface area contributed by atoms with E-state index in [4.69, 9.17) is 10.5 Å². The highest BCUT2D eigenvalue weighted by atomic mass is 32.1. The Morgan fingerprint density at radius 1 is 1.14 bits per heavy atom. The average molecular weight is 298 g/mol. The molecule has 3 aromatic rings. The van der Waals surface area contributed by atoms with Gasteiger partial charge in [0, 0.05) is 10.4 Å². The lowest BCUT2D eigenvalue weighted by molar-refractivity contribution is 0.409. The summed E-state index contributed by atoms with van der Waals surface area (Å²) in [6.07, 6.45) is 0. The summed E-state index contributed by atoms with van der Waals surface area (Å²) in [5.41, 5.74) is 8.56. The summed E-state index contributed by atoms with van der Waals surface area (Å²) < 4.78 is 5.53. The van der Waals surface area contributed by atoms with Crippen molar-refractivity contribution in [2.24, 2.45) is 5.73 Å². The van der Waals surface area contributed by atoms with Gasteiger partial charge in [0.25, 0.3) is 0 Å². The summed E-state index contributed by atoms with van der Waals surface area (Å²) in [6.45, 7) is 4.09. The lowest BCUT2D eigenvalue weighted by atomic mass is 9.98. The first-order valence-corrected chi connectivity index (χ1v) is 7.68. The second-order valence-corrected chi connectivity index (χ2v) is 6.31. The van der Waals surface area contributed by atoms with Crippen LogP contribution in [-0.4, -0.2) is 12.1 Å². The molecule has 1 unspecified atom stereocenters. The van der Waals surface area contributed by atoms with Gasteiger partial charge in [0.05, 0.1) is 18.8 Å². The van der Waals surface area contributed by atoms with Crippen molar-refractivity contribution in [1.82, 2.24) is 4.98 Å². The Morgan fingerprint density at radius 2 is 1.90 bits per heavy atom. The minimum absolute atomic E-state index is 0.275. The molecular formula is C17H18N2OS. The molecule has 1 aromatic heterocycles. The maximum atomic E-state index is 6.51. The predicted molar refractivity (Wildman–Crippen MR) is 88.1 cm³/mol. The minimum Gasteiger partial charge on any atom is -0.496 e. The molecule has 1 atom stereocenters. The van der Waals surface area contributed by atoms with Crippen LogP contribution in [0.2, 0.25) is 0 Å². The standard InChI is InChI=1S/C17H18N2OS/c1-10-11(2)21-17(19-10)16(18)15-13-7-5-4-6-12(13)8-9-14(15)20-3/h4-9,16H,18H2,1-3H3. The number of rotatable bonds is 3. The van der Waals surface area contributed by atoms with Gasteiger partial charge >= 0.3 is 0 Å². The van der Waals surface area contributed by atoms with E-state index in [2.05, 4.69) is 30.1 Å². The Kier molecular flexibility index (Phi) is 3.66. The maximum Gasteiger partial charge on any atom is 0.124 e. The van der Waals surface area contributed by atoms with E-state index in [-0.39, 0.29) is 6.04 Å². The molecule has 0 saturated carbocycles. The van der Waals surface area contributed by atoms with Crippen LogP contribution in [0.15, 0.2) is 36.4 Å². The molecule has 0 saturated heterocycles. The number of nitrogens with zero attached hydrogens (tertiary/aromatic N) is 1. The Labute approximate surface area is 128 Å². The lowest BCUT2D eigenvalue weighted by Crippen LogP contribution is -2.13. The van der Waals surface area contributed by atoms with Crippen LogP contribution in [0, 0.1) is 13.8 Å². The first kappa shape index (κ1) is 14.0. The van der Waals surface area contributed by atoms with E-state index in [0.29, 0.717) is 0 Å². The zero-order chi connectivity index (χ0) is 15.0. The van der Waals surface area contributed by atoms with Crippen LogP contribution in [0.4, 0.5) is 0 Å². The number of hydrogen-bond acceptors (Lipinski definition) is 4. The lowest BCUT2D eigenvalue weighted by Gasteiger charge is -2.16. The van der Waals surface area contributed by atoms with Crippen LogP contribution in [0.25, 0.3) is 10.8 Å². The van der Waals surface area contributed by atoms with Gasteiger partial charge in [-0.05, 0) is 30.7 Å². The van der Waals surface area contributed by atoms with Gasteiger partial charge in [0.15, 0.2) is 0 Å². The SMILES string of the molecule is COc1ccc2ccccc2c1C(N)c1nc(C)c(C)s1. The molecule has 21 heavy (non-hydrogen) atoms. The van der Waals surface area contributed by atoms with E-state index in [9.17, 15) is 0 Å². The molecule has 2 N–H and O–H groups in total. The number of nitrogens with two attached hydrogens (primary N) is 1. The molecule has 2 aromatic carbocycles. The third-order valence-electron chi connectivity index (χ3n) is 3.77. The van der Waals surface area contributed by atoms with Crippen LogP contribution in [0.1, 0.15) is 27.2 Å². The quantitative estimate of drug-likeness (QED) is 0.796. The zero-order valence-electron chi connectivity index (χ0n) is 12.4. The summed E-state index contributed by atoms with van der Waals surface area (Å²) >= 11 is 1.65. The van der Waals surface area contributed by atoms with E-state index < -0.39 is 0 Å². The van der Waals surface area contributed by atoms with E-state index in [0.717, 1.165) is 32.8 Å². The Bertz CT molecular complexity index is 775. The van der Waals surface area contributed by atoms with Crippen molar-refractivity contribution in [3.8, 4) is 5.75 Å². The fourth-order valence-corrected chi connectivity index (χ4v) is 3.46. The number of hydrogen-bond donors (Lipinski definition) is 1. The van der Waals surface area contributed by atoms with Crippen LogP contribution >= 0.6 is 11.3 Å². The van der Waals surface area contributed by atoms with Gasteiger partial charge in [0.2, 0.25) is 0 Å². The average Bonchev–Trinajstić information content (AvgIpc) is 2.85. The number of methoxy groups -OCH3 is 1. The topological polar surface area (TPSA) is 48.1 Å². The molecule has 1 heterocycles. The van der Waals surface area contributed by atoms with Crippen LogP contribution < -0.4 is 10.5 Å². The van der Waals surface area contributed by atoms with Gasteiger partial charge in [-0.25, -0.2) is 4.98 Å². The summed E-state index contributed by atoms with van der Waals surface area (Å²) in [7, 11) is 1.68. The van der Waals surface area contributed by atoms with Gasteiger partial charge in [0.1, 0.15) is 10.8 Å². The Balaban J connectivity index is 2.22. The first-order chi connectivity index (χ1) is 10.1. The summed E-state index contributed by atoms with van der Waals surface area (Å²) in [5, 5.41) is 3.21. The zero-order valence-corrected chi connectivity index (χ0v) is 13.2. The molecule has 0 bridgehead atoms. The largest absolute Gasteiger partial charge is 0.496 e. The van der Waals surface area contributed by atoms with Crippen molar-refractivity contribution in [2.75, 3.05) is 7.11 Å². The van der Waals surface area contributed by atoms with Gasteiger partial charge in [-0.15, -0.1) is 11.3 Å². The molecule has 108 valence electrons. The molecule has 0 amide bonds. The van der Waals surface area contributed by atoms with Gasteiger partial charge in [-0.1, -0.05) is 30.3 Å². The number of fused-ring (bicyclic) bond motifs is 1. The van der Waals surface area contributed by atoms with Crippen molar-refractivity contribution < 1.29 is 4.74 Å². The monoisotopic (exact) mass is 298 g/mol. The molecule has 0 fully saturated rings. The molecule has 0 spiro atoms. The third-order valence-corrected chi connectivity index (χ3v) is 4.93. The third kappa shape index (κ3) is 2.41. The van der Waals surface area contributed by atoms with Crippen LogP contribution in [-0.2, 0) is 0 Å². The molecule has 0 aliphatic rings. The molecule has 0 radical (unpaired) electrons. The molecule has 3 nitrogen and oxygen atoms in total. The van der Waals surface area contributed by atoms with Crippen molar-refractivity contribution in [3.63, 3.8) is 0 Å². The summed E-state index contributed by atoms with van der Waals surface area (Å²) in [5.74, 6) is 0.812. The predicted octanol–water partition coefficient (Wildman–Crippen LogP) is 3.97. The van der Waals surface area contributed by atoms with Gasteiger partial charge in [-0.2, -0.15) is 0 Å². The molecule has 3 rings (SSSR count). The van der Waals surface area contributed by atoms with Crippen LogP contribution in [0.3, 0.4) is 0 Å². The number of benzene rings is 2. The molecule has 4 heteroatoms. The highest BCUT2D eigenvalue weighted by molar-refractivity contribution is 7.11. The maximum absolute atomic E-state index is 6.51. The second-order valence-electron chi connectivity index (χ2n) is 5.07. The van der Waals surface area contributed by atoms with Crippen LogP contribution in [0.5, 0.6) is 5.75 Å². The van der Waals surface area contributed by atoms with E-state index in [1.165, 1.54) is 4.88 Å². The summed E-state index contributed by atoms with van der Waals surface area (Å²) in [6, 6.07) is 12.0. The van der Waals surface area contributed by atoms with Crippen molar-refractivity contribution in [1.29, 1.82) is 0 Å². The van der Waals surface area contributed by atoms with Crippen molar-refractivity contribution >= 4 is 22.1 Å². The number of thiazole rings is 1. The van der Waals surface area contributed by atoms with Crippen molar-refractivity contribution in [3.05, 3.63) is 57.5 Å². The van der Waals surface area contributed by atoms with E-state index >= 15 is 0 Å².